The average Bonchev–Trinajstić information content (AvgIpc) is 2.85. The Kier molecular flexibility index (Phi) is 3.24. The monoisotopic (exact) mass is 253 g/mol. The summed E-state index contributed by atoms with van der Waals surface area (Å²) < 4.78 is 0. The van der Waals surface area contributed by atoms with E-state index in [9.17, 15) is 4.79 Å². The van der Waals surface area contributed by atoms with Crippen molar-refractivity contribution >= 4 is 16.7 Å². The zero-order valence-electron chi connectivity index (χ0n) is 11.3. The number of hydrogen-bond acceptors (Lipinski definition) is 1. The Morgan fingerprint density at radius 1 is 1.21 bits per heavy atom. The van der Waals surface area contributed by atoms with Crippen molar-refractivity contribution in [2.75, 3.05) is 6.54 Å². The van der Waals surface area contributed by atoms with Crippen LogP contribution in [0.1, 0.15) is 25.3 Å². The number of likely N-dealkylation sites (tertiary alicyclic amines) is 1. The van der Waals surface area contributed by atoms with Gasteiger partial charge < -0.3 is 4.90 Å². The van der Waals surface area contributed by atoms with Gasteiger partial charge in [-0.3, -0.25) is 4.79 Å². The van der Waals surface area contributed by atoms with E-state index in [1.807, 2.05) is 17.0 Å². The Hall–Kier alpha value is -1.83. The van der Waals surface area contributed by atoms with Crippen LogP contribution in [0, 0.1) is 0 Å². The van der Waals surface area contributed by atoms with E-state index < -0.39 is 0 Å². The molecule has 0 aromatic heterocycles. The number of hydrogen-bond donors (Lipinski definition) is 0. The third-order valence-corrected chi connectivity index (χ3v) is 4.04. The number of rotatable bonds is 2. The predicted octanol–water partition coefficient (Wildman–Crippen LogP) is 3.39. The Balaban J connectivity index is 1.79. The highest BCUT2D eigenvalue weighted by Crippen LogP contribution is 2.20. The van der Waals surface area contributed by atoms with Crippen LogP contribution in [0.4, 0.5) is 0 Å². The van der Waals surface area contributed by atoms with Crippen molar-refractivity contribution < 1.29 is 4.79 Å². The first-order valence-corrected chi connectivity index (χ1v) is 7.01. The SMILES string of the molecule is CC1CCCN1C(=O)Cc1ccc2ccccc2c1. The highest BCUT2D eigenvalue weighted by Gasteiger charge is 2.24. The average molecular weight is 253 g/mol. The second-order valence-corrected chi connectivity index (χ2v) is 5.44. The molecule has 98 valence electrons. The summed E-state index contributed by atoms with van der Waals surface area (Å²) in [7, 11) is 0. The van der Waals surface area contributed by atoms with Crippen LogP contribution < -0.4 is 0 Å². The summed E-state index contributed by atoms with van der Waals surface area (Å²) in [5, 5.41) is 2.44. The van der Waals surface area contributed by atoms with Crippen molar-refractivity contribution in [2.24, 2.45) is 0 Å². The first-order chi connectivity index (χ1) is 9.24. The fourth-order valence-electron chi connectivity index (χ4n) is 2.93. The van der Waals surface area contributed by atoms with Crippen LogP contribution >= 0.6 is 0 Å². The maximum absolute atomic E-state index is 12.3. The highest BCUT2D eigenvalue weighted by molar-refractivity contribution is 5.85. The maximum atomic E-state index is 12.3. The van der Waals surface area contributed by atoms with Crippen molar-refractivity contribution in [3.05, 3.63) is 48.0 Å². The molecule has 1 aliphatic rings. The molecule has 2 aromatic carbocycles. The predicted molar refractivity (Wildman–Crippen MR) is 78.1 cm³/mol. The molecule has 1 aliphatic heterocycles. The third-order valence-electron chi connectivity index (χ3n) is 4.04. The molecule has 2 nitrogen and oxygen atoms in total. The molecule has 1 unspecified atom stereocenters. The number of amides is 1. The van der Waals surface area contributed by atoms with E-state index in [2.05, 4.69) is 37.3 Å². The summed E-state index contributed by atoms with van der Waals surface area (Å²) >= 11 is 0. The Bertz CT molecular complexity index is 605. The quantitative estimate of drug-likeness (QED) is 0.803. The van der Waals surface area contributed by atoms with Gasteiger partial charge in [0.2, 0.25) is 5.91 Å². The lowest BCUT2D eigenvalue weighted by atomic mass is 10.0. The maximum Gasteiger partial charge on any atom is 0.227 e. The zero-order valence-corrected chi connectivity index (χ0v) is 11.3. The van der Waals surface area contributed by atoms with E-state index in [0.717, 1.165) is 24.9 Å². The molecule has 0 radical (unpaired) electrons. The van der Waals surface area contributed by atoms with Crippen LogP contribution in [0.5, 0.6) is 0 Å². The minimum Gasteiger partial charge on any atom is -0.340 e. The lowest BCUT2D eigenvalue weighted by Crippen LogP contribution is -2.34. The fraction of sp³-hybridized carbons (Fsp3) is 0.353. The fourth-order valence-corrected chi connectivity index (χ4v) is 2.93. The minimum atomic E-state index is 0.264. The van der Waals surface area contributed by atoms with E-state index in [0.29, 0.717) is 12.5 Å². The largest absolute Gasteiger partial charge is 0.340 e. The molecule has 2 heteroatoms. The molecular weight excluding hydrogens is 234 g/mol. The number of fused-ring (bicyclic) bond motifs is 1. The van der Waals surface area contributed by atoms with Gasteiger partial charge in [-0.05, 0) is 36.1 Å². The Morgan fingerprint density at radius 3 is 2.74 bits per heavy atom. The first-order valence-electron chi connectivity index (χ1n) is 7.01. The number of benzene rings is 2. The van der Waals surface area contributed by atoms with E-state index in [-0.39, 0.29) is 5.91 Å². The number of carbonyl (C=O) groups excluding carboxylic acids is 1. The Labute approximate surface area is 114 Å². The summed E-state index contributed by atoms with van der Waals surface area (Å²) in [6.45, 7) is 3.07. The second-order valence-electron chi connectivity index (χ2n) is 5.44. The molecule has 1 saturated heterocycles. The van der Waals surface area contributed by atoms with Gasteiger partial charge in [0.1, 0.15) is 0 Å². The summed E-state index contributed by atoms with van der Waals surface area (Å²) in [5.74, 6) is 0.264. The van der Waals surface area contributed by atoms with Crippen LogP contribution in [0.2, 0.25) is 0 Å². The van der Waals surface area contributed by atoms with Gasteiger partial charge in [0.15, 0.2) is 0 Å². The summed E-state index contributed by atoms with van der Waals surface area (Å²) in [6.07, 6.45) is 2.81. The van der Waals surface area contributed by atoms with Gasteiger partial charge in [-0.25, -0.2) is 0 Å². The van der Waals surface area contributed by atoms with Gasteiger partial charge >= 0.3 is 0 Å². The van der Waals surface area contributed by atoms with Crippen molar-refractivity contribution in [1.82, 2.24) is 4.90 Å². The van der Waals surface area contributed by atoms with Gasteiger partial charge in [-0.1, -0.05) is 42.5 Å². The standard InChI is InChI=1S/C17H19NO/c1-13-5-4-10-18(13)17(19)12-14-8-9-15-6-2-3-7-16(15)11-14/h2-3,6-9,11,13H,4-5,10,12H2,1H3. The van der Waals surface area contributed by atoms with Crippen LogP contribution in [-0.4, -0.2) is 23.4 Å². The molecule has 0 saturated carbocycles. The first kappa shape index (κ1) is 12.2. The van der Waals surface area contributed by atoms with E-state index >= 15 is 0 Å². The molecule has 1 amide bonds. The minimum absolute atomic E-state index is 0.264. The molecule has 19 heavy (non-hydrogen) atoms. The van der Waals surface area contributed by atoms with Crippen molar-refractivity contribution in [3.8, 4) is 0 Å². The topological polar surface area (TPSA) is 20.3 Å². The number of carbonyl (C=O) groups is 1. The van der Waals surface area contributed by atoms with Crippen molar-refractivity contribution in [3.63, 3.8) is 0 Å². The normalized spacial score (nSPS) is 19.0. The molecule has 0 aliphatic carbocycles. The zero-order chi connectivity index (χ0) is 13.2. The van der Waals surface area contributed by atoms with Crippen molar-refractivity contribution in [1.29, 1.82) is 0 Å². The van der Waals surface area contributed by atoms with E-state index in [1.54, 1.807) is 0 Å². The molecule has 3 rings (SSSR count). The van der Waals surface area contributed by atoms with Gasteiger partial charge in [-0.2, -0.15) is 0 Å². The van der Waals surface area contributed by atoms with Crippen molar-refractivity contribution in [2.45, 2.75) is 32.2 Å². The van der Waals surface area contributed by atoms with Gasteiger partial charge in [0.05, 0.1) is 6.42 Å². The second kappa shape index (κ2) is 5.04. The molecule has 0 N–H and O–H groups in total. The molecule has 0 bridgehead atoms. The third kappa shape index (κ3) is 2.48. The highest BCUT2D eigenvalue weighted by atomic mass is 16.2. The summed E-state index contributed by atoms with van der Waals surface area (Å²) in [6, 6.07) is 15.0. The molecule has 0 spiro atoms. The molecule has 1 atom stereocenters. The van der Waals surface area contributed by atoms with Crippen LogP contribution in [0.3, 0.4) is 0 Å². The smallest absolute Gasteiger partial charge is 0.227 e. The lowest BCUT2D eigenvalue weighted by Gasteiger charge is -2.21. The van der Waals surface area contributed by atoms with Gasteiger partial charge in [-0.15, -0.1) is 0 Å². The molecule has 1 fully saturated rings. The summed E-state index contributed by atoms with van der Waals surface area (Å²) in [4.78, 5) is 14.3. The van der Waals surface area contributed by atoms with E-state index in [1.165, 1.54) is 10.8 Å². The summed E-state index contributed by atoms with van der Waals surface area (Å²) in [5.41, 5.74) is 1.11. The van der Waals surface area contributed by atoms with Crippen LogP contribution in [-0.2, 0) is 11.2 Å². The molecular formula is C17H19NO. The Morgan fingerprint density at radius 2 is 2.00 bits per heavy atom. The van der Waals surface area contributed by atoms with Gasteiger partial charge in [0.25, 0.3) is 0 Å². The van der Waals surface area contributed by atoms with E-state index in [4.69, 9.17) is 0 Å². The number of nitrogens with zero attached hydrogens (tertiary/aromatic N) is 1. The van der Waals surface area contributed by atoms with Crippen LogP contribution in [0.25, 0.3) is 10.8 Å². The molecule has 1 heterocycles. The van der Waals surface area contributed by atoms with Gasteiger partial charge in [0, 0.05) is 12.6 Å². The molecule has 2 aromatic rings. The lowest BCUT2D eigenvalue weighted by molar-refractivity contribution is -0.130. The van der Waals surface area contributed by atoms with Crippen LogP contribution in [0.15, 0.2) is 42.5 Å².